The monoisotopic (exact) mass is 622 g/mol. The minimum Gasteiger partial charge on any atom is -0.482 e. The summed E-state index contributed by atoms with van der Waals surface area (Å²) in [6.07, 6.45) is 1.69. The second kappa shape index (κ2) is 16.9. The molecule has 0 aromatic heterocycles. The molecule has 0 aliphatic heterocycles. The van der Waals surface area contributed by atoms with Crippen LogP contribution in [0.3, 0.4) is 0 Å². The molecule has 4 amide bonds. The molecule has 0 saturated carbocycles. The van der Waals surface area contributed by atoms with E-state index in [0.29, 0.717) is 45.9 Å². The smallest absolute Gasteiger partial charge is 0.319 e. The number of carbonyl (C=O) groups excluding carboxylic acids is 4. The molecule has 0 bridgehead atoms. The molecule has 0 saturated heterocycles. The van der Waals surface area contributed by atoms with Gasteiger partial charge in [-0.25, -0.2) is 4.79 Å². The van der Waals surface area contributed by atoms with Crippen LogP contribution >= 0.6 is 11.6 Å². The van der Waals surface area contributed by atoms with Crippen LogP contribution in [0.5, 0.6) is 5.75 Å². The van der Waals surface area contributed by atoms with E-state index in [4.69, 9.17) is 21.1 Å². The van der Waals surface area contributed by atoms with Crippen LogP contribution in [0, 0.1) is 5.92 Å². The van der Waals surface area contributed by atoms with Gasteiger partial charge in [-0.1, -0.05) is 55.8 Å². The second-order valence-corrected chi connectivity index (χ2v) is 11.0. The Morgan fingerprint density at radius 3 is 2.41 bits per heavy atom. The summed E-state index contributed by atoms with van der Waals surface area (Å²) in [5.41, 5.74) is 2.27. The number of nitrogens with one attached hydrogen (secondary N) is 2. The van der Waals surface area contributed by atoms with E-state index in [1.165, 1.54) is 12.0 Å². The second-order valence-electron chi connectivity index (χ2n) is 10.5. The third-order valence-electron chi connectivity index (χ3n) is 6.70. The van der Waals surface area contributed by atoms with Gasteiger partial charge in [0.05, 0.1) is 25.8 Å². The Morgan fingerprint density at radius 1 is 0.932 bits per heavy atom. The number of hydrogen-bond acceptors (Lipinski definition) is 6. The fraction of sp³-hybridized carbons (Fsp3) is 0.333. The first-order valence-electron chi connectivity index (χ1n) is 14.3. The highest BCUT2D eigenvalue weighted by Gasteiger charge is 2.21. The third kappa shape index (κ3) is 10.6. The fourth-order valence-electron chi connectivity index (χ4n) is 4.33. The van der Waals surface area contributed by atoms with Crippen molar-refractivity contribution in [3.8, 4) is 5.75 Å². The summed E-state index contributed by atoms with van der Waals surface area (Å²) in [6, 6.07) is 20.2. The summed E-state index contributed by atoms with van der Waals surface area (Å²) < 4.78 is 10.6. The molecule has 0 aliphatic rings. The van der Waals surface area contributed by atoms with Crippen LogP contribution in [0.15, 0.2) is 72.8 Å². The van der Waals surface area contributed by atoms with Crippen molar-refractivity contribution in [3.63, 3.8) is 0 Å². The summed E-state index contributed by atoms with van der Waals surface area (Å²) in [7, 11) is 2.95. The van der Waals surface area contributed by atoms with Crippen molar-refractivity contribution in [2.24, 2.45) is 5.92 Å². The van der Waals surface area contributed by atoms with Gasteiger partial charge in [-0.15, -0.1) is 0 Å². The van der Waals surface area contributed by atoms with Crippen molar-refractivity contribution in [2.75, 3.05) is 49.0 Å². The van der Waals surface area contributed by atoms with E-state index in [1.807, 2.05) is 0 Å². The van der Waals surface area contributed by atoms with Gasteiger partial charge in [0.2, 0.25) is 5.91 Å². The molecule has 0 unspecified atom stereocenters. The zero-order valence-corrected chi connectivity index (χ0v) is 26.2. The number of urea groups is 1. The van der Waals surface area contributed by atoms with E-state index in [9.17, 15) is 19.2 Å². The highest BCUT2D eigenvalue weighted by atomic mass is 35.5. The van der Waals surface area contributed by atoms with Gasteiger partial charge in [0.15, 0.2) is 6.61 Å². The number of para-hydroxylation sites is 2. The highest BCUT2D eigenvalue weighted by molar-refractivity contribution is 6.30. The van der Waals surface area contributed by atoms with Crippen LogP contribution in [-0.2, 0) is 25.5 Å². The van der Waals surface area contributed by atoms with Crippen LogP contribution in [0.1, 0.15) is 32.3 Å². The highest BCUT2D eigenvalue weighted by Crippen LogP contribution is 2.29. The van der Waals surface area contributed by atoms with Gasteiger partial charge in [-0.05, 0) is 66.8 Å². The van der Waals surface area contributed by atoms with Crippen LogP contribution in [0.4, 0.5) is 21.9 Å². The van der Waals surface area contributed by atoms with Crippen molar-refractivity contribution < 1.29 is 28.7 Å². The maximum atomic E-state index is 13.5. The minimum absolute atomic E-state index is 0.0709. The number of hydrogen-bond donors (Lipinski definition) is 2. The Morgan fingerprint density at radius 2 is 1.68 bits per heavy atom. The van der Waals surface area contributed by atoms with Gasteiger partial charge in [-0.3, -0.25) is 14.4 Å². The Balaban J connectivity index is 1.68. The van der Waals surface area contributed by atoms with Crippen LogP contribution in [0.25, 0.3) is 0 Å². The lowest BCUT2D eigenvalue weighted by molar-refractivity contribution is -0.139. The average molecular weight is 623 g/mol. The number of halogens is 1. The number of carbonyl (C=O) groups is 4. The van der Waals surface area contributed by atoms with E-state index in [1.54, 1.807) is 84.7 Å². The Labute approximate surface area is 263 Å². The lowest BCUT2D eigenvalue weighted by Gasteiger charge is -2.26. The fourth-order valence-corrected chi connectivity index (χ4v) is 4.51. The topological polar surface area (TPSA) is 117 Å². The molecule has 0 atom stereocenters. The summed E-state index contributed by atoms with van der Waals surface area (Å²) >= 11 is 6.07. The van der Waals surface area contributed by atoms with Gasteiger partial charge in [-0.2, -0.15) is 0 Å². The molecule has 10 nitrogen and oxygen atoms in total. The first-order valence-corrected chi connectivity index (χ1v) is 14.7. The molecular weight excluding hydrogens is 584 g/mol. The predicted octanol–water partition coefficient (Wildman–Crippen LogP) is 5.69. The maximum absolute atomic E-state index is 13.5. The van der Waals surface area contributed by atoms with Gasteiger partial charge >= 0.3 is 12.0 Å². The number of esters is 1. The summed E-state index contributed by atoms with van der Waals surface area (Å²) in [5, 5.41) is 5.82. The van der Waals surface area contributed by atoms with Gasteiger partial charge in [0.1, 0.15) is 5.75 Å². The van der Waals surface area contributed by atoms with E-state index >= 15 is 0 Å². The largest absolute Gasteiger partial charge is 0.482 e. The first-order chi connectivity index (χ1) is 21.1. The van der Waals surface area contributed by atoms with Gasteiger partial charge in [0.25, 0.3) is 5.91 Å². The Hall–Kier alpha value is -4.57. The lowest BCUT2D eigenvalue weighted by Crippen LogP contribution is -2.42. The number of amides is 4. The van der Waals surface area contributed by atoms with Crippen LogP contribution < -0.4 is 25.2 Å². The summed E-state index contributed by atoms with van der Waals surface area (Å²) in [6.45, 7) is 4.07. The molecule has 0 spiro atoms. The molecule has 234 valence electrons. The molecule has 44 heavy (non-hydrogen) atoms. The van der Waals surface area contributed by atoms with E-state index in [2.05, 4.69) is 24.5 Å². The van der Waals surface area contributed by atoms with Crippen molar-refractivity contribution in [2.45, 2.75) is 33.1 Å². The number of methoxy groups -OCH3 is 1. The normalized spacial score (nSPS) is 10.6. The van der Waals surface area contributed by atoms with E-state index in [0.717, 1.165) is 12.8 Å². The Bertz CT molecular complexity index is 1450. The molecule has 3 rings (SSSR count). The minimum atomic E-state index is -0.574. The zero-order valence-electron chi connectivity index (χ0n) is 25.5. The number of benzene rings is 3. The molecule has 0 aliphatic carbocycles. The zero-order chi connectivity index (χ0) is 32.1. The Kier molecular flexibility index (Phi) is 13.0. The van der Waals surface area contributed by atoms with Crippen molar-refractivity contribution in [1.82, 2.24) is 5.32 Å². The molecule has 11 heteroatoms. The van der Waals surface area contributed by atoms with Crippen molar-refractivity contribution in [3.05, 3.63) is 83.4 Å². The van der Waals surface area contributed by atoms with Crippen molar-refractivity contribution >= 4 is 52.5 Å². The van der Waals surface area contributed by atoms with Crippen molar-refractivity contribution in [1.29, 1.82) is 0 Å². The standard InChI is InChI=1S/C33H39ClN4O6/c1-23(2)10-9-17-38(30(39)21-35-33(42)36-26-13-7-11-24(18-26)19-32(41)43-4)28-15-5-6-16-29(28)44-22-31(40)37(3)27-14-8-12-25(34)20-27/h5-8,11-16,18,20,23H,9-10,17,19,21-22H2,1-4H3,(H2,35,36,42). The molecule has 3 aromatic rings. The quantitative estimate of drug-likeness (QED) is 0.223. The van der Waals surface area contributed by atoms with Gasteiger partial charge in [0, 0.05) is 30.0 Å². The molecule has 0 fully saturated rings. The molecule has 2 N–H and O–H groups in total. The molecule has 0 radical (unpaired) electrons. The molecular formula is C33H39ClN4O6. The SMILES string of the molecule is COC(=O)Cc1cccc(NC(=O)NCC(=O)N(CCCC(C)C)c2ccccc2OCC(=O)N(C)c2cccc(Cl)c2)c1. The summed E-state index contributed by atoms with van der Waals surface area (Å²) in [5.74, 6) is -0.228. The number of rotatable bonds is 14. The first kappa shape index (κ1) is 33.9. The molecule has 0 heterocycles. The summed E-state index contributed by atoms with van der Waals surface area (Å²) in [4.78, 5) is 53.7. The number of ether oxygens (including phenoxy) is 2. The van der Waals surface area contributed by atoms with Crippen LogP contribution in [-0.4, -0.2) is 57.7 Å². The van der Waals surface area contributed by atoms with Gasteiger partial charge < -0.3 is 29.9 Å². The van der Waals surface area contributed by atoms with E-state index < -0.39 is 12.0 Å². The third-order valence-corrected chi connectivity index (χ3v) is 6.94. The lowest BCUT2D eigenvalue weighted by atomic mass is 10.1. The van der Waals surface area contributed by atoms with E-state index in [-0.39, 0.29) is 31.4 Å². The number of likely N-dealkylation sites (N-methyl/N-ethyl adjacent to an activating group) is 1. The van der Waals surface area contributed by atoms with Crippen LogP contribution in [0.2, 0.25) is 5.02 Å². The maximum Gasteiger partial charge on any atom is 0.319 e. The predicted molar refractivity (Wildman–Crippen MR) is 172 cm³/mol. The number of anilines is 3. The number of nitrogens with zero attached hydrogens (tertiary/aromatic N) is 2. The molecule has 3 aromatic carbocycles. The average Bonchev–Trinajstić information content (AvgIpc) is 3.00.